The van der Waals surface area contributed by atoms with Crippen molar-refractivity contribution in [2.75, 3.05) is 6.54 Å². The Hall–Kier alpha value is -0.0800. The second-order valence-corrected chi connectivity index (χ2v) is 6.10. The van der Waals surface area contributed by atoms with Crippen LogP contribution >= 0.6 is 0 Å². The standard InChI is InChI=1S/C14H25NO/c16-13-7-5-12(6-8-13)15-10-9-11-3-1-2-4-14(11)15/h11-14,16H,1-10H2. The Labute approximate surface area is 99.0 Å². The predicted molar refractivity (Wildman–Crippen MR) is 65.3 cm³/mol. The van der Waals surface area contributed by atoms with Gasteiger partial charge in [-0.15, -0.1) is 0 Å². The molecule has 0 aromatic rings. The molecule has 16 heavy (non-hydrogen) atoms. The summed E-state index contributed by atoms with van der Waals surface area (Å²) in [6, 6.07) is 1.71. The van der Waals surface area contributed by atoms with Gasteiger partial charge >= 0.3 is 0 Å². The second kappa shape index (κ2) is 4.66. The Morgan fingerprint density at radius 1 is 0.812 bits per heavy atom. The molecule has 0 aromatic carbocycles. The summed E-state index contributed by atoms with van der Waals surface area (Å²) in [7, 11) is 0. The first-order valence-corrected chi connectivity index (χ1v) is 7.28. The van der Waals surface area contributed by atoms with Gasteiger partial charge < -0.3 is 5.11 Å². The highest BCUT2D eigenvalue weighted by molar-refractivity contribution is 4.94. The normalized spacial score (nSPS) is 45.6. The number of hydrogen-bond donors (Lipinski definition) is 1. The van der Waals surface area contributed by atoms with Crippen molar-refractivity contribution < 1.29 is 5.11 Å². The molecule has 2 heteroatoms. The van der Waals surface area contributed by atoms with Crippen LogP contribution in [0, 0.1) is 5.92 Å². The van der Waals surface area contributed by atoms with Gasteiger partial charge in [-0.3, -0.25) is 4.90 Å². The Kier molecular flexibility index (Phi) is 3.21. The first-order valence-electron chi connectivity index (χ1n) is 7.28. The fourth-order valence-corrected chi connectivity index (χ4v) is 4.29. The molecule has 3 aliphatic rings. The quantitative estimate of drug-likeness (QED) is 0.738. The molecule has 2 nitrogen and oxygen atoms in total. The molecule has 3 fully saturated rings. The van der Waals surface area contributed by atoms with E-state index in [1.165, 1.54) is 51.5 Å². The van der Waals surface area contributed by atoms with Crippen molar-refractivity contribution in [3.63, 3.8) is 0 Å². The Bertz CT molecular complexity index is 235. The van der Waals surface area contributed by atoms with Gasteiger partial charge in [0.1, 0.15) is 0 Å². The monoisotopic (exact) mass is 223 g/mol. The van der Waals surface area contributed by atoms with E-state index < -0.39 is 0 Å². The highest BCUT2D eigenvalue weighted by Crippen LogP contribution is 2.39. The van der Waals surface area contributed by atoms with Crippen LogP contribution in [0.5, 0.6) is 0 Å². The van der Waals surface area contributed by atoms with Crippen molar-refractivity contribution in [3.05, 3.63) is 0 Å². The number of aliphatic hydroxyl groups excluding tert-OH is 1. The molecule has 2 unspecified atom stereocenters. The average molecular weight is 223 g/mol. The molecule has 1 N–H and O–H groups in total. The van der Waals surface area contributed by atoms with Gasteiger partial charge in [-0.05, 0) is 57.4 Å². The van der Waals surface area contributed by atoms with Crippen molar-refractivity contribution in [1.82, 2.24) is 4.90 Å². The van der Waals surface area contributed by atoms with Crippen LogP contribution in [-0.4, -0.2) is 34.7 Å². The molecule has 0 bridgehead atoms. The summed E-state index contributed by atoms with van der Waals surface area (Å²) in [4.78, 5) is 2.82. The average Bonchev–Trinajstić information content (AvgIpc) is 2.74. The molecule has 0 spiro atoms. The second-order valence-electron chi connectivity index (χ2n) is 6.10. The summed E-state index contributed by atoms with van der Waals surface area (Å²) < 4.78 is 0. The van der Waals surface area contributed by atoms with Gasteiger partial charge in [0.25, 0.3) is 0 Å². The van der Waals surface area contributed by atoms with Crippen molar-refractivity contribution in [2.45, 2.75) is 76.0 Å². The van der Waals surface area contributed by atoms with E-state index in [9.17, 15) is 5.11 Å². The number of nitrogens with zero attached hydrogens (tertiary/aromatic N) is 1. The van der Waals surface area contributed by atoms with E-state index in [-0.39, 0.29) is 6.10 Å². The van der Waals surface area contributed by atoms with E-state index >= 15 is 0 Å². The fourth-order valence-electron chi connectivity index (χ4n) is 4.29. The highest BCUT2D eigenvalue weighted by atomic mass is 16.3. The minimum Gasteiger partial charge on any atom is -0.393 e. The molecular formula is C14H25NO. The van der Waals surface area contributed by atoms with Crippen LogP contribution in [0.3, 0.4) is 0 Å². The zero-order chi connectivity index (χ0) is 11.0. The zero-order valence-corrected chi connectivity index (χ0v) is 10.3. The Morgan fingerprint density at radius 3 is 2.38 bits per heavy atom. The third-order valence-corrected chi connectivity index (χ3v) is 5.19. The summed E-state index contributed by atoms with van der Waals surface area (Å²) in [5, 5.41) is 9.58. The van der Waals surface area contributed by atoms with Gasteiger partial charge in [0, 0.05) is 12.1 Å². The number of fused-ring (bicyclic) bond motifs is 1. The van der Waals surface area contributed by atoms with Gasteiger partial charge in [-0.25, -0.2) is 0 Å². The van der Waals surface area contributed by atoms with Gasteiger partial charge in [0.15, 0.2) is 0 Å². The zero-order valence-electron chi connectivity index (χ0n) is 10.3. The molecule has 1 saturated heterocycles. The summed E-state index contributed by atoms with van der Waals surface area (Å²) in [5.41, 5.74) is 0. The minimum atomic E-state index is 0.000931. The van der Waals surface area contributed by atoms with Crippen LogP contribution < -0.4 is 0 Å². The third-order valence-electron chi connectivity index (χ3n) is 5.19. The van der Waals surface area contributed by atoms with E-state index in [0.29, 0.717) is 0 Å². The van der Waals surface area contributed by atoms with Crippen molar-refractivity contribution in [3.8, 4) is 0 Å². The van der Waals surface area contributed by atoms with Crippen LogP contribution in [0.1, 0.15) is 57.8 Å². The Morgan fingerprint density at radius 2 is 1.56 bits per heavy atom. The van der Waals surface area contributed by atoms with E-state index in [1.54, 1.807) is 0 Å². The van der Waals surface area contributed by atoms with E-state index in [0.717, 1.165) is 30.8 Å². The molecule has 1 aliphatic heterocycles. The number of aliphatic hydroxyl groups is 1. The number of likely N-dealkylation sites (tertiary alicyclic amines) is 1. The molecule has 0 aromatic heterocycles. The fraction of sp³-hybridized carbons (Fsp3) is 1.00. The lowest BCUT2D eigenvalue weighted by Crippen LogP contribution is -2.44. The summed E-state index contributed by atoms with van der Waals surface area (Å²) in [5.74, 6) is 1.01. The van der Waals surface area contributed by atoms with E-state index in [4.69, 9.17) is 0 Å². The first-order chi connectivity index (χ1) is 7.84. The predicted octanol–water partition coefficient (Wildman–Crippen LogP) is 2.55. The molecule has 2 aliphatic carbocycles. The van der Waals surface area contributed by atoms with Crippen molar-refractivity contribution in [2.24, 2.45) is 5.92 Å². The first kappa shape index (κ1) is 11.0. The lowest BCUT2D eigenvalue weighted by Gasteiger charge is -2.39. The lowest BCUT2D eigenvalue weighted by atomic mass is 9.84. The Balaban J connectivity index is 1.62. The summed E-state index contributed by atoms with van der Waals surface area (Å²) >= 11 is 0. The summed E-state index contributed by atoms with van der Waals surface area (Å²) in [6.07, 6.45) is 11.9. The van der Waals surface area contributed by atoms with Gasteiger partial charge in [-0.2, -0.15) is 0 Å². The van der Waals surface area contributed by atoms with Gasteiger partial charge in [-0.1, -0.05) is 12.8 Å². The molecule has 2 saturated carbocycles. The van der Waals surface area contributed by atoms with Crippen LogP contribution in [0.4, 0.5) is 0 Å². The van der Waals surface area contributed by atoms with Crippen molar-refractivity contribution >= 4 is 0 Å². The van der Waals surface area contributed by atoms with Crippen LogP contribution in [0.25, 0.3) is 0 Å². The minimum absolute atomic E-state index is 0.000931. The van der Waals surface area contributed by atoms with E-state index in [1.807, 2.05) is 0 Å². The van der Waals surface area contributed by atoms with Crippen LogP contribution in [0.2, 0.25) is 0 Å². The lowest BCUT2D eigenvalue weighted by molar-refractivity contribution is 0.0558. The van der Waals surface area contributed by atoms with E-state index in [2.05, 4.69) is 4.90 Å². The van der Waals surface area contributed by atoms with Gasteiger partial charge in [0.05, 0.1) is 6.10 Å². The topological polar surface area (TPSA) is 23.5 Å². The van der Waals surface area contributed by atoms with Crippen molar-refractivity contribution in [1.29, 1.82) is 0 Å². The molecular weight excluding hydrogens is 198 g/mol. The molecule has 0 amide bonds. The maximum Gasteiger partial charge on any atom is 0.0541 e. The molecule has 3 rings (SSSR count). The number of hydrogen-bond acceptors (Lipinski definition) is 2. The molecule has 1 heterocycles. The number of rotatable bonds is 1. The smallest absolute Gasteiger partial charge is 0.0541 e. The highest BCUT2D eigenvalue weighted by Gasteiger charge is 2.39. The largest absolute Gasteiger partial charge is 0.393 e. The molecule has 2 atom stereocenters. The molecule has 92 valence electrons. The van der Waals surface area contributed by atoms with Crippen LogP contribution in [-0.2, 0) is 0 Å². The maximum absolute atomic E-state index is 9.58. The molecule has 0 radical (unpaired) electrons. The van der Waals surface area contributed by atoms with Gasteiger partial charge in [0.2, 0.25) is 0 Å². The SMILES string of the molecule is OC1CCC(N2CCC3CCCCC32)CC1. The summed E-state index contributed by atoms with van der Waals surface area (Å²) in [6.45, 7) is 1.34. The third kappa shape index (κ3) is 2.02. The maximum atomic E-state index is 9.58. The van der Waals surface area contributed by atoms with Crippen LogP contribution in [0.15, 0.2) is 0 Å².